The van der Waals surface area contributed by atoms with Gasteiger partial charge in [-0.1, -0.05) is 23.4 Å². The van der Waals surface area contributed by atoms with Gasteiger partial charge in [-0.2, -0.15) is 22.0 Å². The average molecular weight is 494 g/mol. The summed E-state index contributed by atoms with van der Waals surface area (Å²) in [4.78, 5) is 12.2. The zero-order valence-corrected chi connectivity index (χ0v) is 17.3. The fraction of sp³-hybridized carbons (Fsp3) is 0.167. The van der Waals surface area contributed by atoms with Crippen LogP contribution in [0.15, 0.2) is 47.6 Å². The first kappa shape index (κ1) is 23.6. The first-order chi connectivity index (χ1) is 15.0. The molecule has 3 aromatic rings. The summed E-state index contributed by atoms with van der Waals surface area (Å²) in [7, 11) is 0. The van der Waals surface area contributed by atoms with E-state index in [-0.39, 0.29) is 27.5 Å². The average Bonchev–Trinajstić information content (AvgIpc) is 3.07. The number of nitrogens with one attached hydrogen (secondary N) is 1. The van der Waals surface area contributed by atoms with Crippen molar-refractivity contribution in [3.05, 3.63) is 53.1 Å². The van der Waals surface area contributed by atoms with Crippen molar-refractivity contribution in [3.63, 3.8) is 0 Å². The van der Waals surface area contributed by atoms with Crippen LogP contribution in [0.25, 0.3) is 11.4 Å². The molecule has 1 aromatic heterocycles. The standard InChI is InChI=1S/C18H13ClF5N5O2S/c19-10-3-6-13(12(7-10)18(22,23)24)26-14(30)8-32-17-28-27-15(29(17)25)9-1-4-11(5-2-9)31-16(20)21/h1-7,16H,8,25H2,(H,26,30). The second kappa shape index (κ2) is 9.61. The third-order valence-corrected chi connectivity index (χ3v) is 5.07. The van der Waals surface area contributed by atoms with E-state index in [0.29, 0.717) is 11.6 Å². The molecule has 0 fully saturated rings. The second-order valence-corrected chi connectivity index (χ2v) is 7.48. The van der Waals surface area contributed by atoms with Crippen molar-refractivity contribution in [1.29, 1.82) is 0 Å². The number of nitrogens with two attached hydrogens (primary N) is 1. The lowest BCUT2D eigenvalue weighted by atomic mass is 10.1. The predicted molar refractivity (Wildman–Crippen MR) is 108 cm³/mol. The lowest BCUT2D eigenvalue weighted by Gasteiger charge is -2.14. The third kappa shape index (κ3) is 5.79. The van der Waals surface area contributed by atoms with Crippen LogP contribution >= 0.6 is 23.4 Å². The molecule has 0 unspecified atom stereocenters. The van der Waals surface area contributed by atoms with E-state index >= 15 is 0 Å². The lowest BCUT2D eigenvalue weighted by Crippen LogP contribution is -2.19. The molecule has 2 aromatic carbocycles. The Morgan fingerprint density at radius 2 is 1.88 bits per heavy atom. The summed E-state index contributed by atoms with van der Waals surface area (Å²) in [5.41, 5.74) is -1.07. The Morgan fingerprint density at radius 3 is 2.50 bits per heavy atom. The highest BCUT2D eigenvalue weighted by Crippen LogP contribution is 2.36. The number of halogens is 6. The molecule has 0 aliphatic heterocycles. The number of nitrogen functional groups attached to an aromatic ring is 1. The number of hydrogen-bond donors (Lipinski definition) is 2. The third-order valence-electron chi connectivity index (χ3n) is 3.90. The number of ether oxygens (including phenoxy) is 1. The first-order valence-electron chi connectivity index (χ1n) is 8.59. The number of rotatable bonds is 7. The Kier molecular flexibility index (Phi) is 7.09. The van der Waals surface area contributed by atoms with Crippen LogP contribution in [-0.4, -0.2) is 33.1 Å². The van der Waals surface area contributed by atoms with Gasteiger partial charge in [0.2, 0.25) is 11.1 Å². The van der Waals surface area contributed by atoms with Crippen molar-refractivity contribution in [1.82, 2.24) is 14.9 Å². The van der Waals surface area contributed by atoms with Gasteiger partial charge in [-0.25, -0.2) is 4.68 Å². The zero-order valence-electron chi connectivity index (χ0n) is 15.7. The molecule has 0 saturated carbocycles. The fourth-order valence-corrected chi connectivity index (χ4v) is 3.36. The maximum absolute atomic E-state index is 13.1. The number of carbonyl (C=O) groups excluding carboxylic acids is 1. The lowest BCUT2D eigenvalue weighted by molar-refractivity contribution is -0.137. The molecule has 0 bridgehead atoms. The maximum atomic E-state index is 13.1. The number of anilines is 1. The minimum atomic E-state index is -4.71. The van der Waals surface area contributed by atoms with Crippen molar-refractivity contribution in [3.8, 4) is 17.1 Å². The summed E-state index contributed by atoms with van der Waals surface area (Å²) >= 11 is 6.45. The van der Waals surface area contributed by atoms with Gasteiger partial charge in [0.05, 0.1) is 17.0 Å². The number of alkyl halides is 5. The zero-order chi connectivity index (χ0) is 23.5. The van der Waals surface area contributed by atoms with Gasteiger partial charge in [0.15, 0.2) is 5.82 Å². The SMILES string of the molecule is Nn1c(SCC(=O)Nc2ccc(Cl)cc2C(F)(F)F)nnc1-c1ccc(OC(F)F)cc1. The van der Waals surface area contributed by atoms with Crippen LogP contribution in [0.1, 0.15) is 5.56 Å². The molecule has 3 rings (SSSR count). The molecule has 0 aliphatic carbocycles. The van der Waals surface area contributed by atoms with Gasteiger partial charge in [-0.15, -0.1) is 10.2 Å². The smallest absolute Gasteiger partial charge is 0.418 e. The number of thioether (sulfide) groups is 1. The number of nitrogens with zero attached hydrogens (tertiary/aromatic N) is 3. The van der Waals surface area contributed by atoms with E-state index in [2.05, 4.69) is 20.3 Å². The van der Waals surface area contributed by atoms with Crippen molar-refractivity contribution < 1.29 is 31.5 Å². The van der Waals surface area contributed by atoms with Crippen LogP contribution in [0.3, 0.4) is 0 Å². The Balaban J connectivity index is 1.66. The molecular weight excluding hydrogens is 481 g/mol. The molecule has 0 aliphatic rings. The van der Waals surface area contributed by atoms with E-state index in [4.69, 9.17) is 17.4 Å². The van der Waals surface area contributed by atoms with Gasteiger partial charge in [-0.05, 0) is 42.5 Å². The van der Waals surface area contributed by atoms with E-state index in [0.717, 1.165) is 22.5 Å². The molecule has 0 saturated heterocycles. The highest BCUT2D eigenvalue weighted by atomic mass is 35.5. The van der Waals surface area contributed by atoms with E-state index in [1.807, 2.05) is 0 Å². The molecule has 0 atom stereocenters. The topological polar surface area (TPSA) is 95.1 Å². The Labute approximate surface area is 186 Å². The molecule has 0 spiro atoms. The predicted octanol–water partition coefficient (Wildman–Crippen LogP) is 4.66. The number of aromatic nitrogens is 3. The maximum Gasteiger partial charge on any atom is 0.418 e. The summed E-state index contributed by atoms with van der Waals surface area (Å²) in [6.07, 6.45) is -4.71. The Hall–Kier alpha value is -3.06. The number of amides is 1. The minimum Gasteiger partial charge on any atom is -0.435 e. The van der Waals surface area contributed by atoms with Crippen molar-refractivity contribution >= 4 is 35.0 Å². The molecule has 0 radical (unpaired) electrons. The quantitative estimate of drug-likeness (QED) is 0.282. The highest BCUT2D eigenvalue weighted by Gasteiger charge is 2.34. The molecular formula is C18H13ClF5N5O2S. The molecule has 7 nitrogen and oxygen atoms in total. The van der Waals surface area contributed by atoms with Crippen LogP contribution in [0.4, 0.5) is 27.6 Å². The minimum absolute atomic E-state index is 0.0569. The van der Waals surface area contributed by atoms with Crippen LogP contribution < -0.4 is 15.9 Å². The van der Waals surface area contributed by atoms with Gasteiger partial charge >= 0.3 is 12.8 Å². The van der Waals surface area contributed by atoms with Gasteiger partial charge < -0.3 is 15.9 Å². The van der Waals surface area contributed by atoms with E-state index < -0.39 is 29.9 Å². The Bertz CT molecular complexity index is 1110. The summed E-state index contributed by atoms with van der Waals surface area (Å²) in [5, 5.41) is 9.88. The van der Waals surface area contributed by atoms with E-state index in [1.165, 1.54) is 30.3 Å². The van der Waals surface area contributed by atoms with Crippen LogP contribution in [-0.2, 0) is 11.0 Å². The number of hydrogen-bond acceptors (Lipinski definition) is 6. The largest absolute Gasteiger partial charge is 0.435 e. The summed E-state index contributed by atoms with van der Waals surface area (Å²) in [6.45, 7) is -2.96. The molecule has 3 N–H and O–H groups in total. The van der Waals surface area contributed by atoms with E-state index in [9.17, 15) is 26.7 Å². The molecule has 1 heterocycles. The van der Waals surface area contributed by atoms with Crippen LogP contribution in [0, 0.1) is 0 Å². The normalized spacial score (nSPS) is 11.6. The second-order valence-electron chi connectivity index (χ2n) is 6.10. The van der Waals surface area contributed by atoms with Crippen molar-refractivity contribution in [2.24, 2.45) is 0 Å². The molecule has 32 heavy (non-hydrogen) atoms. The Morgan fingerprint density at radius 1 is 1.19 bits per heavy atom. The van der Waals surface area contributed by atoms with E-state index in [1.54, 1.807) is 0 Å². The van der Waals surface area contributed by atoms with Crippen LogP contribution in [0.5, 0.6) is 5.75 Å². The fourth-order valence-electron chi connectivity index (χ4n) is 2.53. The molecule has 1 amide bonds. The van der Waals surface area contributed by atoms with Crippen molar-refractivity contribution in [2.45, 2.75) is 17.9 Å². The van der Waals surface area contributed by atoms with Gasteiger partial charge in [0.1, 0.15) is 5.75 Å². The monoisotopic (exact) mass is 493 g/mol. The first-order valence-corrected chi connectivity index (χ1v) is 9.96. The summed E-state index contributed by atoms with van der Waals surface area (Å²) in [6, 6.07) is 8.45. The van der Waals surface area contributed by atoms with Gasteiger partial charge in [0, 0.05) is 10.6 Å². The van der Waals surface area contributed by atoms with Gasteiger partial charge in [-0.3, -0.25) is 4.79 Å². The number of benzene rings is 2. The highest BCUT2D eigenvalue weighted by molar-refractivity contribution is 7.99. The number of carbonyl (C=O) groups is 1. The van der Waals surface area contributed by atoms with Crippen LogP contribution in [0.2, 0.25) is 5.02 Å². The van der Waals surface area contributed by atoms with Crippen molar-refractivity contribution in [2.75, 3.05) is 16.9 Å². The summed E-state index contributed by atoms with van der Waals surface area (Å²) in [5.74, 6) is 4.99. The summed E-state index contributed by atoms with van der Waals surface area (Å²) < 4.78 is 69.2. The van der Waals surface area contributed by atoms with Gasteiger partial charge in [0.25, 0.3) is 0 Å². The molecule has 14 heteroatoms. The molecule has 170 valence electrons.